The monoisotopic (exact) mass is 314 g/mol. The first kappa shape index (κ1) is 16.5. The summed E-state index contributed by atoms with van der Waals surface area (Å²) in [4.78, 5) is 35.2. The predicted octanol–water partition coefficient (Wildman–Crippen LogP) is 2.46. The van der Waals surface area contributed by atoms with Crippen molar-refractivity contribution >= 4 is 23.5 Å². The van der Waals surface area contributed by atoms with Crippen molar-refractivity contribution in [3.8, 4) is 0 Å². The number of hydrogen-bond donors (Lipinski definition) is 2. The predicted molar refractivity (Wildman–Crippen MR) is 85.4 cm³/mol. The van der Waals surface area contributed by atoms with Gasteiger partial charge in [-0.25, -0.2) is 0 Å². The van der Waals surface area contributed by atoms with E-state index in [2.05, 4.69) is 5.32 Å². The fourth-order valence-corrected chi connectivity index (χ4v) is 2.38. The van der Waals surface area contributed by atoms with Crippen LogP contribution < -0.4 is 11.1 Å². The van der Waals surface area contributed by atoms with E-state index < -0.39 is 5.91 Å². The SMILES string of the molecule is CC(=O)c1c(C)oc(NC(=O)CCc2ccccc2)c1C(N)=O. The maximum atomic E-state index is 12.0. The fraction of sp³-hybridized carbons (Fsp3) is 0.235. The zero-order valence-corrected chi connectivity index (χ0v) is 13.0. The molecule has 6 nitrogen and oxygen atoms in total. The van der Waals surface area contributed by atoms with Crippen molar-refractivity contribution in [3.63, 3.8) is 0 Å². The van der Waals surface area contributed by atoms with Crippen LogP contribution >= 0.6 is 0 Å². The largest absolute Gasteiger partial charge is 0.444 e. The molecule has 2 amide bonds. The van der Waals surface area contributed by atoms with Crippen molar-refractivity contribution < 1.29 is 18.8 Å². The van der Waals surface area contributed by atoms with Gasteiger partial charge in [0.05, 0.1) is 5.56 Å². The Morgan fingerprint density at radius 1 is 1.13 bits per heavy atom. The molecule has 0 saturated carbocycles. The molecule has 23 heavy (non-hydrogen) atoms. The number of primary amides is 1. The van der Waals surface area contributed by atoms with E-state index in [0.29, 0.717) is 6.42 Å². The summed E-state index contributed by atoms with van der Waals surface area (Å²) < 4.78 is 5.34. The molecule has 2 aromatic rings. The number of aryl methyl sites for hydroxylation is 2. The minimum absolute atomic E-state index is 0.0711. The van der Waals surface area contributed by atoms with Gasteiger partial charge in [0, 0.05) is 6.42 Å². The second-order valence-corrected chi connectivity index (χ2v) is 5.19. The number of nitrogens with two attached hydrogens (primary N) is 1. The molecule has 0 aliphatic heterocycles. The number of anilines is 1. The lowest BCUT2D eigenvalue weighted by Gasteiger charge is -2.04. The molecule has 0 bridgehead atoms. The van der Waals surface area contributed by atoms with Crippen molar-refractivity contribution in [2.24, 2.45) is 5.73 Å². The fourth-order valence-electron chi connectivity index (χ4n) is 2.38. The maximum absolute atomic E-state index is 12.0. The second kappa shape index (κ2) is 6.91. The number of ketones is 1. The van der Waals surface area contributed by atoms with Crippen LogP contribution in [0.5, 0.6) is 0 Å². The third-order valence-corrected chi connectivity index (χ3v) is 3.42. The van der Waals surface area contributed by atoms with Crippen LogP contribution in [0.4, 0.5) is 5.88 Å². The molecule has 0 radical (unpaired) electrons. The topological polar surface area (TPSA) is 102 Å². The zero-order valence-electron chi connectivity index (χ0n) is 13.0. The minimum Gasteiger partial charge on any atom is -0.444 e. The van der Waals surface area contributed by atoms with Gasteiger partial charge in [0.1, 0.15) is 11.3 Å². The van der Waals surface area contributed by atoms with E-state index in [1.54, 1.807) is 6.92 Å². The molecule has 0 unspecified atom stereocenters. The Balaban J connectivity index is 2.13. The molecule has 120 valence electrons. The van der Waals surface area contributed by atoms with Crippen molar-refractivity contribution in [1.82, 2.24) is 0 Å². The normalized spacial score (nSPS) is 10.3. The van der Waals surface area contributed by atoms with Gasteiger partial charge in [0.25, 0.3) is 5.91 Å². The highest BCUT2D eigenvalue weighted by Crippen LogP contribution is 2.27. The van der Waals surface area contributed by atoms with Gasteiger partial charge >= 0.3 is 0 Å². The van der Waals surface area contributed by atoms with E-state index in [1.165, 1.54) is 6.92 Å². The second-order valence-electron chi connectivity index (χ2n) is 5.19. The van der Waals surface area contributed by atoms with Crippen LogP contribution in [-0.4, -0.2) is 17.6 Å². The lowest BCUT2D eigenvalue weighted by Crippen LogP contribution is -2.19. The first-order valence-corrected chi connectivity index (χ1v) is 7.18. The lowest BCUT2D eigenvalue weighted by atomic mass is 10.1. The molecule has 6 heteroatoms. The van der Waals surface area contributed by atoms with Gasteiger partial charge in [-0.2, -0.15) is 0 Å². The number of Topliss-reactive ketones (excluding diaryl/α,β-unsaturated/α-hetero) is 1. The highest BCUT2D eigenvalue weighted by Gasteiger charge is 2.25. The first-order valence-electron chi connectivity index (χ1n) is 7.18. The maximum Gasteiger partial charge on any atom is 0.255 e. The number of benzene rings is 1. The van der Waals surface area contributed by atoms with Crippen LogP contribution in [0.2, 0.25) is 0 Å². The molecule has 0 aliphatic carbocycles. The molecule has 1 aromatic carbocycles. The third kappa shape index (κ3) is 3.85. The van der Waals surface area contributed by atoms with Crippen molar-refractivity contribution in [2.45, 2.75) is 26.7 Å². The Morgan fingerprint density at radius 3 is 2.35 bits per heavy atom. The number of carbonyl (C=O) groups is 3. The Bertz CT molecular complexity index is 747. The summed E-state index contributed by atoms with van der Waals surface area (Å²) in [5, 5.41) is 2.52. The van der Waals surface area contributed by atoms with E-state index in [4.69, 9.17) is 10.2 Å². The third-order valence-electron chi connectivity index (χ3n) is 3.42. The molecule has 0 saturated heterocycles. The average Bonchev–Trinajstić information content (AvgIpc) is 2.82. The van der Waals surface area contributed by atoms with Crippen LogP contribution in [-0.2, 0) is 11.2 Å². The molecular weight excluding hydrogens is 296 g/mol. The summed E-state index contributed by atoms with van der Waals surface area (Å²) in [6.45, 7) is 2.86. The summed E-state index contributed by atoms with van der Waals surface area (Å²) in [6, 6.07) is 9.54. The van der Waals surface area contributed by atoms with E-state index in [-0.39, 0.29) is 40.9 Å². The average molecular weight is 314 g/mol. The molecule has 0 aliphatic rings. The van der Waals surface area contributed by atoms with E-state index >= 15 is 0 Å². The number of amides is 2. The Hall–Kier alpha value is -2.89. The number of nitrogens with one attached hydrogen (secondary N) is 1. The van der Waals surface area contributed by atoms with Gasteiger partial charge < -0.3 is 10.2 Å². The zero-order chi connectivity index (χ0) is 17.0. The van der Waals surface area contributed by atoms with Crippen molar-refractivity contribution in [1.29, 1.82) is 0 Å². The lowest BCUT2D eigenvalue weighted by molar-refractivity contribution is -0.116. The summed E-state index contributed by atoms with van der Waals surface area (Å²) in [7, 11) is 0. The molecule has 1 heterocycles. The van der Waals surface area contributed by atoms with Gasteiger partial charge in [-0.05, 0) is 25.8 Å². The minimum atomic E-state index is -0.814. The first-order chi connectivity index (χ1) is 10.9. The smallest absolute Gasteiger partial charge is 0.255 e. The van der Waals surface area contributed by atoms with E-state index in [1.807, 2.05) is 30.3 Å². The standard InChI is InChI=1S/C17H18N2O4/c1-10(20)14-11(2)23-17(15(14)16(18)22)19-13(21)9-8-12-6-4-3-5-7-12/h3-7H,8-9H2,1-2H3,(H2,18,22)(H,19,21). The molecule has 0 atom stereocenters. The van der Waals surface area contributed by atoms with Crippen LogP contribution in [0.25, 0.3) is 0 Å². The molecule has 0 spiro atoms. The Kier molecular flexibility index (Phi) is 4.95. The van der Waals surface area contributed by atoms with Crippen molar-refractivity contribution in [3.05, 3.63) is 52.8 Å². The molecule has 0 fully saturated rings. The quantitative estimate of drug-likeness (QED) is 0.799. The highest BCUT2D eigenvalue weighted by molar-refractivity contribution is 6.11. The van der Waals surface area contributed by atoms with Gasteiger partial charge in [-0.15, -0.1) is 0 Å². The molecule has 2 rings (SSSR count). The van der Waals surface area contributed by atoms with E-state index in [9.17, 15) is 14.4 Å². The van der Waals surface area contributed by atoms with Crippen LogP contribution in [0.1, 0.15) is 45.4 Å². The van der Waals surface area contributed by atoms with Gasteiger partial charge in [0.2, 0.25) is 11.8 Å². The van der Waals surface area contributed by atoms with Gasteiger partial charge in [0.15, 0.2) is 5.78 Å². The summed E-state index contributed by atoms with van der Waals surface area (Å²) in [5.74, 6) is -1.29. The summed E-state index contributed by atoms with van der Waals surface area (Å²) >= 11 is 0. The number of furan rings is 1. The van der Waals surface area contributed by atoms with Gasteiger partial charge in [-0.3, -0.25) is 19.7 Å². The molecular formula is C17H18N2O4. The van der Waals surface area contributed by atoms with E-state index in [0.717, 1.165) is 5.56 Å². The van der Waals surface area contributed by atoms with Crippen LogP contribution in [0.3, 0.4) is 0 Å². The van der Waals surface area contributed by atoms with Gasteiger partial charge in [-0.1, -0.05) is 30.3 Å². The number of rotatable bonds is 6. The number of carbonyl (C=O) groups excluding carboxylic acids is 3. The van der Waals surface area contributed by atoms with Crippen LogP contribution in [0, 0.1) is 6.92 Å². The molecule has 1 aromatic heterocycles. The summed E-state index contributed by atoms with van der Waals surface area (Å²) in [6.07, 6.45) is 0.773. The van der Waals surface area contributed by atoms with Crippen LogP contribution in [0.15, 0.2) is 34.7 Å². The Labute approximate surface area is 133 Å². The highest BCUT2D eigenvalue weighted by atomic mass is 16.4. The summed E-state index contributed by atoms with van der Waals surface area (Å²) in [5.41, 5.74) is 6.36. The van der Waals surface area contributed by atoms with Crippen molar-refractivity contribution in [2.75, 3.05) is 5.32 Å². The number of hydrogen-bond acceptors (Lipinski definition) is 4. The Morgan fingerprint density at radius 2 is 1.78 bits per heavy atom. The molecule has 3 N–H and O–H groups in total.